The van der Waals surface area contributed by atoms with Gasteiger partial charge in [-0.25, -0.2) is 0 Å². The van der Waals surface area contributed by atoms with Gasteiger partial charge in [0.1, 0.15) is 18.0 Å². The van der Waals surface area contributed by atoms with E-state index in [0.717, 1.165) is 70.4 Å². The third-order valence-corrected chi connectivity index (χ3v) is 46.4. The molecule has 2 unspecified atom stereocenters. The summed E-state index contributed by atoms with van der Waals surface area (Å²) in [6.07, 6.45) is 7.06. The highest BCUT2D eigenvalue weighted by Gasteiger charge is 2.58. The number of ether oxygens (including phenoxy) is 6. The molecule has 0 spiro atoms. The fraction of sp³-hybridized carbons (Fsp3) is 0.660. The van der Waals surface area contributed by atoms with E-state index in [1.54, 1.807) is 21.1 Å². The molecule has 0 aromatic heterocycles. The minimum Gasteiger partial charge on any atom is -0.462 e. The maximum Gasteiger partial charge on any atom is 0.311 e. The first kappa shape index (κ1) is 101. The van der Waals surface area contributed by atoms with E-state index in [1.165, 1.54) is 0 Å². The summed E-state index contributed by atoms with van der Waals surface area (Å²) in [7, 11) is -8.73. The Morgan fingerprint density at radius 3 is 1.13 bits per heavy atom. The van der Waals surface area contributed by atoms with Gasteiger partial charge in [0, 0.05) is 75.9 Å². The van der Waals surface area contributed by atoms with Crippen LogP contribution in [0.15, 0.2) is 156 Å². The molecule has 1 N–H and O–H groups in total. The molecule has 0 aliphatic carbocycles. The quantitative estimate of drug-likeness (QED) is 0.0339. The van der Waals surface area contributed by atoms with Gasteiger partial charge in [-0.1, -0.05) is 311 Å². The zero-order chi connectivity index (χ0) is 88.9. The molecule has 0 radical (unpaired) electrons. The van der Waals surface area contributed by atoms with Gasteiger partial charge in [-0.3, -0.25) is 19.2 Å². The first-order valence-electron chi connectivity index (χ1n) is 44.9. The van der Waals surface area contributed by atoms with Crippen LogP contribution in [0.1, 0.15) is 269 Å². The van der Waals surface area contributed by atoms with Gasteiger partial charge in [0.05, 0.1) is 61.0 Å². The molecule has 14 atom stereocenters. The van der Waals surface area contributed by atoms with Gasteiger partial charge < -0.3 is 51.2 Å². The Labute approximate surface area is 724 Å². The van der Waals surface area contributed by atoms with Crippen molar-refractivity contribution in [2.45, 2.75) is 382 Å². The average Bonchev–Trinajstić information content (AvgIpc) is 0.739. The van der Waals surface area contributed by atoms with Crippen LogP contribution in [0.4, 0.5) is 0 Å². The molecule has 19 heteroatoms. The van der Waals surface area contributed by atoms with E-state index < -0.39 is 144 Å². The number of hydrogen-bond donors (Lipinski definition) is 1. The highest BCUT2D eigenvalue weighted by molar-refractivity contribution is 7.00. The second-order valence-electron chi connectivity index (χ2n) is 41.7. The van der Waals surface area contributed by atoms with Crippen LogP contribution in [0.3, 0.4) is 0 Å². The molecular weight excluding hydrogens is 1550 g/mol. The maximum absolute atomic E-state index is 16.0. The highest BCUT2D eigenvalue weighted by Crippen LogP contribution is 2.50. The summed E-state index contributed by atoms with van der Waals surface area (Å²) in [5.41, 5.74) is -0.0717. The van der Waals surface area contributed by atoms with Gasteiger partial charge in [0.2, 0.25) is 0 Å². The Hall–Kier alpha value is -5.11. The largest absolute Gasteiger partial charge is 0.462 e. The number of allylic oxidation sites excluding steroid dienone is 1. The number of ketones is 2. The maximum atomic E-state index is 16.0. The lowest BCUT2D eigenvalue weighted by Gasteiger charge is -2.50. The summed E-state index contributed by atoms with van der Waals surface area (Å²) < 4.78 is 73.1. The number of cyclic esters (lactones) is 2. The zero-order valence-corrected chi connectivity index (χ0v) is 83.2. The molecule has 3 heterocycles. The number of carbonyl (C=O) groups is 4. The lowest BCUT2D eigenvalue weighted by molar-refractivity contribution is -0.280. The molecule has 4 aromatic rings. The fourth-order valence-corrected chi connectivity index (χ4v) is 30.7. The van der Waals surface area contributed by atoms with E-state index in [4.69, 9.17) is 46.1 Å². The minimum atomic E-state index is -3.28. The Kier molecular flexibility index (Phi) is 35.1. The highest BCUT2D eigenvalue weighted by atomic mass is 28.4. The molecule has 3 aliphatic heterocycles. The number of Topliss-reactive ketones (excluding diaryl/α,β-unsaturated/α-hetero) is 2. The predicted molar refractivity (Wildman–Crippen MR) is 496 cm³/mol. The summed E-state index contributed by atoms with van der Waals surface area (Å²) in [6, 6.07) is 42.3. The number of aliphatic hydroxyl groups is 1. The first-order chi connectivity index (χ1) is 55.3. The predicted octanol–water partition coefficient (Wildman–Crippen LogP) is 21.6. The normalized spacial score (nSPS) is 29.3. The van der Waals surface area contributed by atoms with Crippen LogP contribution in [0.2, 0.25) is 46.3 Å². The van der Waals surface area contributed by atoms with E-state index in [-0.39, 0.29) is 66.1 Å². The van der Waals surface area contributed by atoms with Crippen molar-refractivity contribution in [3.05, 3.63) is 156 Å². The van der Waals surface area contributed by atoms with Gasteiger partial charge in [0.25, 0.3) is 16.6 Å². The number of rotatable bonds is 22. The monoisotopic (exact) mass is 1710 g/mol. The summed E-state index contributed by atoms with van der Waals surface area (Å²) in [6.45, 7) is 59.9. The summed E-state index contributed by atoms with van der Waals surface area (Å²) in [4.78, 5) is 62.9. The third kappa shape index (κ3) is 24.5. The van der Waals surface area contributed by atoms with Crippen molar-refractivity contribution < 1.29 is 70.4 Å². The van der Waals surface area contributed by atoms with Crippen molar-refractivity contribution in [3.63, 3.8) is 0 Å². The van der Waals surface area contributed by atoms with Crippen molar-refractivity contribution in [1.29, 1.82) is 0 Å². The van der Waals surface area contributed by atoms with Crippen molar-refractivity contribution in [2.75, 3.05) is 14.2 Å². The van der Waals surface area contributed by atoms with E-state index in [9.17, 15) is 5.11 Å². The fourth-order valence-electron chi connectivity index (χ4n) is 18.3. The Balaban J connectivity index is 1.45. The van der Waals surface area contributed by atoms with E-state index in [2.05, 4.69) is 260 Å². The number of carbonyl (C=O) groups excluding carboxylic acids is 4. The summed E-state index contributed by atoms with van der Waals surface area (Å²) in [5, 5.41) is 16.0. The molecule has 7 rings (SSSR count). The molecule has 0 amide bonds. The number of methoxy groups -OCH3 is 2. The molecule has 2 fully saturated rings. The van der Waals surface area contributed by atoms with Gasteiger partial charge in [-0.15, -0.1) is 0 Å². The molecule has 4 aromatic carbocycles. The number of hydrogen-bond acceptors (Lipinski definition) is 15. The Bertz CT molecular complexity index is 3920. The molecule has 119 heavy (non-hydrogen) atoms. The number of fused-ring (bicyclic) bond motifs is 4. The first-order valence-corrected chi connectivity index (χ1v) is 54.5. The van der Waals surface area contributed by atoms with E-state index in [1.807, 2.05) is 65.0 Å². The van der Waals surface area contributed by atoms with E-state index in [0.29, 0.717) is 31.3 Å². The number of benzene rings is 4. The zero-order valence-electron chi connectivity index (χ0n) is 79.2. The van der Waals surface area contributed by atoms with Crippen LogP contribution in [-0.4, -0.2) is 143 Å². The smallest absolute Gasteiger partial charge is 0.311 e. The van der Waals surface area contributed by atoms with Crippen molar-refractivity contribution in [1.82, 2.24) is 0 Å². The number of aliphatic hydroxyl groups excluding tert-OH is 1. The van der Waals surface area contributed by atoms with Crippen LogP contribution in [-0.2, 0) is 65.3 Å². The average molecular weight is 1710 g/mol. The molecule has 3 aliphatic rings. The Morgan fingerprint density at radius 1 is 0.462 bits per heavy atom. The van der Waals surface area contributed by atoms with Crippen molar-refractivity contribution >= 4 is 77.5 Å². The lowest BCUT2D eigenvalue weighted by atomic mass is 9.71. The van der Waals surface area contributed by atoms with Gasteiger partial charge in [-0.2, -0.15) is 0 Å². The topological polar surface area (TPSA) is 181 Å². The summed E-state index contributed by atoms with van der Waals surface area (Å²) in [5.74, 6) is -6.19. The number of esters is 2. The van der Waals surface area contributed by atoms with Crippen molar-refractivity contribution in [3.8, 4) is 0 Å². The molecular formula is C100H158O15Si4. The van der Waals surface area contributed by atoms with E-state index >= 15 is 19.2 Å². The Morgan fingerprint density at radius 2 is 0.798 bits per heavy atom. The molecule has 0 saturated carbocycles. The van der Waals surface area contributed by atoms with Gasteiger partial charge >= 0.3 is 11.9 Å². The molecule has 4 bridgehead atoms. The second-order valence-corrected chi connectivity index (χ2v) is 59.7. The van der Waals surface area contributed by atoms with Crippen LogP contribution >= 0.6 is 0 Å². The van der Waals surface area contributed by atoms with Crippen LogP contribution in [0.25, 0.3) is 0 Å². The van der Waals surface area contributed by atoms with Gasteiger partial charge in [0.15, 0.2) is 34.0 Å². The molecule has 2 saturated heterocycles. The molecule has 664 valence electrons. The molecule has 15 nitrogen and oxygen atoms in total. The van der Waals surface area contributed by atoms with Crippen LogP contribution in [0.5, 0.6) is 0 Å². The third-order valence-electron chi connectivity index (χ3n) is 27.4. The second kappa shape index (κ2) is 41.3. The lowest BCUT2D eigenvalue weighted by Crippen LogP contribution is -2.68. The number of unbranched alkanes of at least 4 members (excludes halogenated alkanes) is 4. The van der Waals surface area contributed by atoms with Gasteiger partial charge in [-0.05, 0) is 130 Å². The SMILES string of the molecule is CCCCC[C@@H]1CC(O)C(C)C(=O)C(C)(C)[C@@H](O[Si](C)(C)C(C)(C)C)[C@@H](C)/C=C(\C)[C@@H]2C[C@H](O[Si](c3ccccc3)(c3ccccc3)C(C)(C)C)C[C@](OC)(CC(=O)O[C@H](CCCCC)C/C=C(\C)C(=O)C(C)(C)[C@@H](O[Si](C)(C)C(C)(C)C)[C@@H](C)/C=C(\C)[C@@H]3C[C@H](O[Si](c4ccccc4)(c4ccccc4)C(C)(C)C)C[C@](OC)(CC(=O)O1)O3)O2. The standard InChI is InChI=1S/C100H158O15Si4/c1-31-33-39-49-76-60-59-70(3)89(104)97(21,22)91(114-116(27,28)93(9,10)11)73(6)61-71(4)85-65-79(113-119(96(18,19)20,82-55-45-37-46-56-82)83-57-47-38-48-58-83)67-100(107-26,111-85)69-88(103)109-77(50-40-34-32-2)63-84(101)75(8)90(105)98(23,24)92(115-117(29,30)94(12,13)14)74(7)62-72(5)86-64-78(66-99(106-25,110-86)68-87(102)108-76)112-118(95(15,16)17,80-51-41-35-42-52-80)81-53-43-36-44-54-81/h35-38,41-48,51-59,61-62,73-79,84-86,91-92,101H,31-34,39-40,49-50,60,63-69H2,1-30H3/b70-59+,71-61+,72-62+/t73-,74-,75?,76+,77+,78-,79-,84?,85-,86-,91-,92-,99+,100+/m0/s1. The van der Waals surface area contributed by atoms with Crippen molar-refractivity contribution in [2.24, 2.45) is 28.6 Å². The minimum absolute atomic E-state index is 0.000295. The van der Waals surface area contributed by atoms with Crippen LogP contribution < -0.4 is 20.7 Å². The summed E-state index contributed by atoms with van der Waals surface area (Å²) >= 11 is 0. The van der Waals surface area contributed by atoms with Crippen LogP contribution in [0, 0.1) is 28.6 Å².